The van der Waals surface area contributed by atoms with Crippen molar-refractivity contribution in [3.05, 3.63) is 106 Å². The summed E-state index contributed by atoms with van der Waals surface area (Å²) in [4.78, 5) is 43.7. The van der Waals surface area contributed by atoms with Crippen LogP contribution in [0.3, 0.4) is 0 Å². The minimum absolute atomic E-state index is 0.198. The van der Waals surface area contributed by atoms with Crippen LogP contribution in [-0.2, 0) is 22.6 Å². The van der Waals surface area contributed by atoms with Gasteiger partial charge in [-0.3, -0.25) is 29.5 Å². The molecule has 1 N–H and O–H groups in total. The standard InChI is InChI=1S/C34H30ClFN4O3/c35-24-9-11-28(27(36)19-24)39-16-14-38(15-17-39)20-22-6-4-21(5-7-22)18-23-8-10-29-32-25(23)2-1-3-26(32)34(43)40(29)30-12-13-31(41)37-33(30)42/h1-11,19,30H,12-18,20H2,(H,37,41,42)/t30-/m1/s1. The zero-order valence-corrected chi connectivity index (χ0v) is 24.2. The average Bonchev–Trinajstić information content (AvgIpc) is 3.28. The van der Waals surface area contributed by atoms with Crippen molar-refractivity contribution in [3.8, 4) is 0 Å². The van der Waals surface area contributed by atoms with Gasteiger partial charge in [0.1, 0.15) is 11.9 Å². The smallest absolute Gasteiger partial charge is 0.259 e. The maximum atomic E-state index is 14.4. The van der Waals surface area contributed by atoms with E-state index < -0.39 is 11.9 Å². The molecule has 0 spiro atoms. The third-order valence-electron chi connectivity index (χ3n) is 8.79. The van der Waals surface area contributed by atoms with E-state index in [1.807, 2.05) is 30.3 Å². The summed E-state index contributed by atoms with van der Waals surface area (Å²) in [6.07, 6.45) is 1.24. The first-order valence-corrected chi connectivity index (χ1v) is 15.0. The van der Waals surface area contributed by atoms with Gasteiger partial charge in [0.25, 0.3) is 5.91 Å². The molecule has 1 atom stereocenters. The topological polar surface area (TPSA) is 73.0 Å². The lowest BCUT2D eigenvalue weighted by atomic mass is 9.95. The zero-order valence-electron chi connectivity index (χ0n) is 23.5. The Balaban J connectivity index is 1.04. The summed E-state index contributed by atoms with van der Waals surface area (Å²) in [5, 5.41) is 4.65. The monoisotopic (exact) mass is 596 g/mol. The van der Waals surface area contributed by atoms with E-state index >= 15 is 0 Å². The van der Waals surface area contributed by atoms with Crippen molar-refractivity contribution in [1.29, 1.82) is 0 Å². The second-order valence-electron chi connectivity index (χ2n) is 11.5. The molecule has 0 radical (unpaired) electrons. The van der Waals surface area contributed by atoms with E-state index in [1.165, 1.54) is 17.2 Å². The minimum atomic E-state index is -0.694. The number of imide groups is 1. The number of benzene rings is 4. The molecule has 2 saturated heterocycles. The lowest BCUT2D eigenvalue weighted by molar-refractivity contribution is -0.134. The van der Waals surface area contributed by atoms with E-state index in [1.54, 1.807) is 17.0 Å². The number of hydrogen-bond acceptors (Lipinski definition) is 5. The molecule has 0 bridgehead atoms. The highest BCUT2D eigenvalue weighted by molar-refractivity contribution is 6.30. The minimum Gasteiger partial charge on any atom is -0.367 e. The summed E-state index contributed by atoms with van der Waals surface area (Å²) in [6, 6.07) is 22.5. The Morgan fingerprint density at radius 1 is 0.860 bits per heavy atom. The number of amides is 3. The number of nitrogens with zero attached hydrogens (tertiary/aromatic N) is 3. The van der Waals surface area contributed by atoms with E-state index in [-0.39, 0.29) is 24.1 Å². The summed E-state index contributed by atoms with van der Waals surface area (Å²) in [5.41, 5.74) is 5.41. The molecule has 3 amide bonds. The third kappa shape index (κ3) is 5.15. The molecule has 0 saturated carbocycles. The lowest BCUT2D eigenvalue weighted by Gasteiger charge is -2.36. The van der Waals surface area contributed by atoms with E-state index in [4.69, 9.17) is 11.6 Å². The number of hydrogen-bond donors (Lipinski definition) is 1. The molecule has 4 aromatic rings. The van der Waals surface area contributed by atoms with Crippen molar-refractivity contribution in [3.63, 3.8) is 0 Å². The van der Waals surface area contributed by atoms with Crippen molar-refractivity contribution < 1.29 is 18.8 Å². The molecular formula is C34H30ClFN4O3. The van der Waals surface area contributed by atoms with Crippen LogP contribution in [0.15, 0.2) is 72.8 Å². The molecule has 43 heavy (non-hydrogen) atoms. The van der Waals surface area contributed by atoms with Crippen molar-refractivity contribution in [2.75, 3.05) is 36.0 Å². The first-order chi connectivity index (χ1) is 20.9. The van der Waals surface area contributed by atoms with Crippen molar-refractivity contribution in [1.82, 2.24) is 10.2 Å². The number of halogens is 2. The highest BCUT2D eigenvalue weighted by Gasteiger charge is 2.40. The van der Waals surface area contributed by atoms with Crippen molar-refractivity contribution >= 4 is 51.5 Å². The number of carbonyl (C=O) groups is 3. The predicted molar refractivity (Wildman–Crippen MR) is 165 cm³/mol. The molecule has 3 heterocycles. The van der Waals surface area contributed by atoms with E-state index in [9.17, 15) is 18.8 Å². The van der Waals surface area contributed by atoms with Gasteiger partial charge in [0.2, 0.25) is 11.8 Å². The van der Waals surface area contributed by atoms with Gasteiger partial charge in [-0.2, -0.15) is 0 Å². The van der Waals surface area contributed by atoms with Crippen LogP contribution in [0.25, 0.3) is 10.8 Å². The van der Waals surface area contributed by atoms with Gasteiger partial charge in [0.05, 0.1) is 11.4 Å². The molecule has 3 aliphatic rings. The van der Waals surface area contributed by atoms with Gasteiger partial charge in [-0.25, -0.2) is 4.39 Å². The molecule has 218 valence electrons. The third-order valence-corrected chi connectivity index (χ3v) is 9.02. The molecule has 4 aromatic carbocycles. The maximum Gasteiger partial charge on any atom is 0.259 e. The molecule has 7 nitrogen and oxygen atoms in total. The van der Waals surface area contributed by atoms with Crippen LogP contribution >= 0.6 is 11.6 Å². The largest absolute Gasteiger partial charge is 0.367 e. The van der Waals surface area contributed by atoms with Gasteiger partial charge in [-0.05, 0) is 65.3 Å². The molecule has 9 heteroatoms. The Kier molecular flexibility index (Phi) is 7.11. The Labute approximate surface area is 253 Å². The van der Waals surface area contributed by atoms with Crippen LogP contribution in [0, 0.1) is 5.82 Å². The van der Waals surface area contributed by atoms with Crippen molar-refractivity contribution in [2.45, 2.75) is 31.8 Å². The van der Waals surface area contributed by atoms with E-state index in [0.717, 1.165) is 54.7 Å². The Morgan fingerprint density at radius 3 is 2.35 bits per heavy atom. The van der Waals surface area contributed by atoms with Gasteiger partial charge >= 0.3 is 0 Å². The summed E-state index contributed by atoms with van der Waals surface area (Å²) < 4.78 is 14.4. The maximum absolute atomic E-state index is 14.4. The number of nitrogens with one attached hydrogen (secondary N) is 1. The lowest BCUT2D eigenvalue weighted by Crippen LogP contribution is -2.53. The first kappa shape index (κ1) is 27.6. The van der Waals surface area contributed by atoms with Gasteiger partial charge < -0.3 is 4.90 Å². The molecule has 7 rings (SSSR count). The fourth-order valence-electron chi connectivity index (χ4n) is 6.58. The number of carbonyl (C=O) groups excluding carboxylic acids is 3. The first-order valence-electron chi connectivity index (χ1n) is 14.6. The van der Waals surface area contributed by atoms with Gasteiger partial charge in [0, 0.05) is 55.1 Å². The molecular weight excluding hydrogens is 567 g/mol. The second kappa shape index (κ2) is 11.1. The van der Waals surface area contributed by atoms with E-state index in [2.05, 4.69) is 39.4 Å². The van der Waals surface area contributed by atoms with E-state index in [0.29, 0.717) is 29.1 Å². The highest BCUT2D eigenvalue weighted by Crippen LogP contribution is 2.41. The average molecular weight is 597 g/mol. The van der Waals surface area contributed by atoms with Gasteiger partial charge in [0.15, 0.2) is 0 Å². The number of rotatable bonds is 6. The van der Waals surface area contributed by atoms with Gasteiger partial charge in [-0.15, -0.1) is 0 Å². The summed E-state index contributed by atoms with van der Waals surface area (Å²) in [6.45, 7) is 4.03. The highest BCUT2D eigenvalue weighted by atomic mass is 35.5. The molecule has 0 unspecified atom stereocenters. The fraction of sp³-hybridized carbons (Fsp3) is 0.265. The summed E-state index contributed by atoms with van der Waals surface area (Å²) in [7, 11) is 0. The van der Waals surface area contributed by atoms with Gasteiger partial charge in [-0.1, -0.05) is 54.1 Å². The van der Waals surface area contributed by atoms with Crippen LogP contribution in [0.1, 0.15) is 39.9 Å². The second-order valence-corrected chi connectivity index (χ2v) is 11.9. The predicted octanol–water partition coefficient (Wildman–Crippen LogP) is 5.31. The SMILES string of the molecule is O=C1CC[C@@H](N2C(=O)c3cccc4c(Cc5ccc(CN6CCN(c7ccc(Cl)cc7F)CC6)cc5)ccc2c34)C(=O)N1. The summed E-state index contributed by atoms with van der Waals surface area (Å²) in [5.74, 6) is -1.21. The van der Waals surface area contributed by atoms with Crippen LogP contribution in [0.2, 0.25) is 5.02 Å². The fourth-order valence-corrected chi connectivity index (χ4v) is 6.74. The van der Waals surface area contributed by atoms with Crippen LogP contribution < -0.4 is 15.1 Å². The van der Waals surface area contributed by atoms with Crippen molar-refractivity contribution in [2.24, 2.45) is 0 Å². The number of piperazine rings is 1. The quantitative estimate of drug-likeness (QED) is 0.306. The number of piperidine rings is 1. The van der Waals surface area contributed by atoms with Crippen LogP contribution in [-0.4, -0.2) is 54.8 Å². The Hall–Kier alpha value is -4.27. The summed E-state index contributed by atoms with van der Waals surface area (Å²) >= 11 is 5.91. The molecule has 2 fully saturated rings. The zero-order chi connectivity index (χ0) is 29.7. The molecule has 3 aliphatic heterocycles. The molecule has 0 aliphatic carbocycles. The number of anilines is 2. The Morgan fingerprint density at radius 2 is 1.60 bits per heavy atom. The normalized spacial score (nSPS) is 18.9. The van der Waals surface area contributed by atoms with Crippen LogP contribution in [0.4, 0.5) is 15.8 Å². The van der Waals surface area contributed by atoms with Crippen LogP contribution in [0.5, 0.6) is 0 Å². The molecule has 0 aromatic heterocycles. The Bertz CT molecular complexity index is 1770.